The highest BCUT2D eigenvalue weighted by Gasteiger charge is 2.29. The second kappa shape index (κ2) is 10.6. The van der Waals surface area contributed by atoms with Crippen LogP contribution in [0.2, 0.25) is 5.02 Å². The molecule has 2 atom stereocenters. The molecule has 2 amide bonds. The summed E-state index contributed by atoms with van der Waals surface area (Å²) in [6, 6.07) is 15.0. The number of amides is 2. The number of halogens is 1. The molecule has 29 heavy (non-hydrogen) atoms. The van der Waals surface area contributed by atoms with E-state index in [2.05, 4.69) is 10.6 Å². The molecule has 0 bridgehead atoms. The topological polar surface area (TPSA) is 84.5 Å². The minimum absolute atomic E-state index is 0.155. The van der Waals surface area contributed by atoms with Gasteiger partial charge < -0.3 is 15.4 Å². The summed E-state index contributed by atoms with van der Waals surface area (Å²) in [7, 11) is 0. The van der Waals surface area contributed by atoms with Crippen molar-refractivity contribution >= 4 is 35.1 Å². The Morgan fingerprint density at radius 3 is 2.31 bits per heavy atom. The van der Waals surface area contributed by atoms with Crippen molar-refractivity contribution in [2.24, 2.45) is 5.92 Å². The predicted octanol–water partition coefficient (Wildman–Crippen LogP) is 3.59. The highest BCUT2D eigenvalue weighted by atomic mass is 35.5. The molecular formula is C22H25ClN2O4. The molecule has 0 fully saturated rings. The maximum absolute atomic E-state index is 12.6. The van der Waals surface area contributed by atoms with Gasteiger partial charge in [0.05, 0.1) is 6.42 Å². The molecule has 0 aliphatic carbocycles. The highest BCUT2D eigenvalue weighted by Crippen LogP contribution is 2.15. The average Bonchev–Trinajstić information content (AvgIpc) is 2.66. The molecule has 0 heterocycles. The number of rotatable bonds is 8. The van der Waals surface area contributed by atoms with E-state index in [1.807, 2.05) is 30.3 Å². The van der Waals surface area contributed by atoms with Gasteiger partial charge >= 0.3 is 5.97 Å². The van der Waals surface area contributed by atoms with Crippen LogP contribution >= 0.6 is 11.6 Å². The number of benzene rings is 2. The van der Waals surface area contributed by atoms with Gasteiger partial charge in [0.1, 0.15) is 6.04 Å². The van der Waals surface area contributed by atoms with Crippen LogP contribution in [0.5, 0.6) is 0 Å². The number of nitrogens with one attached hydrogen (secondary N) is 2. The van der Waals surface area contributed by atoms with E-state index in [1.165, 1.54) is 6.92 Å². The minimum atomic E-state index is -1.03. The second-order valence-corrected chi connectivity index (χ2v) is 7.47. The first kappa shape index (κ1) is 22.4. The third-order valence-electron chi connectivity index (χ3n) is 4.20. The van der Waals surface area contributed by atoms with Gasteiger partial charge in [0.25, 0.3) is 5.91 Å². The van der Waals surface area contributed by atoms with Crippen LogP contribution in [-0.2, 0) is 25.5 Å². The van der Waals surface area contributed by atoms with Crippen molar-refractivity contribution in [3.63, 3.8) is 0 Å². The summed E-state index contributed by atoms with van der Waals surface area (Å²) >= 11 is 5.90. The Labute approximate surface area is 175 Å². The predicted molar refractivity (Wildman–Crippen MR) is 113 cm³/mol. The molecule has 0 saturated heterocycles. The highest BCUT2D eigenvalue weighted by molar-refractivity contribution is 6.30. The van der Waals surface area contributed by atoms with Crippen molar-refractivity contribution in [1.82, 2.24) is 5.32 Å². The number of ether oxygens (including phenoxy) is 1. The first-order valence-electron chi connectivity index (χ1n) is 9.36. The molecule has 0 radical (unpaired) electrons. The van der Waals surface area contributed by atoms with Crippen molar-refractivity contribution in [3.05, 3.63) is 65.2 Å². The van der Waals surface area contributed by atoms with Crippen LogP contribution in [0.1, 0.15) is 26.3 Å². The summed E-state index contributed by atoms with van der Waals surface area (Å²) in [4.78, 5) is 37.2. The summed E-state index contributed by atoms with van der Waals surface area (Å²) in [6.45, 7) is 5.07. The van der Waals surface area contributed by atoms with E-state index in [1.54, 1.807) is 38.1 Å². The lowest BCUT2D eigenvalue weighted by atomic mass is 10.0. The standard InChI is InChI=1S/C22H25ClN2O4/c1-14(2)20(25-19(26)12-16-8-5-4-6-9-16)22(28)29-15(3)21(27)24-18-11-7-10-17(23)13-18/h4-11,13-15,20H,12H2,1-3H3,(H,24,27)(H,25,26)/t15-,20+/m1/s1. The van der Waals surface area contributed by atoms with E-state index in [0.29, 0.717) is 10.7 Å². The SMILES string of the molecule is CC(C)[C@H](NC(=O)Cc1ccccc1)C(=O)O[C@H](C)C(=O)Nc1cccc(Cl)c1. The van der Waals surface area contributed by atoms with Crippen LogP contribution in [-0.4, -0.2) is 29.9 Å². The van der Waals surface area contributed by atoms with Gasteiger partial charge in [0, 0.05) is 10.7 Å². The van der Waals surface area contributed by atoms with Crippen molar-refractivity contribution < 1.29 is 19.1 Å². The summed E-state index contributed by atoms with van der Waals surface area (Å²) < 4.78 is 5.29. The molecule has 0 aliphatic heterocycles. The molecule has 2 N–H and O–H groups in total. The Balaban J connectivity index is 1.93. The van der Waals surface area contributed by atoms with E-state index in [4.69, 9.17) is 16.3 Å². The van der Waals surface area contributed by atoms with Crippen molar-refractivity contribution in [2.75, 3.05) is 5.32 Å². The second-order valence-electron chi connectivity index (χ2n) is 7.03. The van der Waals surface area contributed by atoms with Gasteiger partial charge in [0.2, 0.25) is 5.91 Å². The maximum Gasteiger partial charge on any atom is 0.329 e. The summed E-state index contributed by atoms with van der Waals surface area (Å²) in [5.74, 6) is -1.64. The number of hydrogen-bond acceptors (Lipinski definition) is 4. The number of anilines is 1. The summed E-state index contributed by atoms with van der Waals surface area (Å²) in [5, 5.41) is 5.83. The molecule has 2 aromatic rings. The van der Waals surface area contributed by atoms with Crippen LogP contribution in [0.15, 0.2) is 54.6 Å². The fraction of sp³-hybridized carbons (Fsp3) is 0.318. The summed E-state index contributed by atoms with van der Waals surface area (Å²) in [5.41, 5.74) is 1.34. The molecule has 0 unspecified atom stereocenters. The Bertz CT molecular complexity index is 855. The van der Waals surface area contributed by atoms with Gasteiger partial charge in [-0.2, -0.15) is 0 Å². The van der Waals surface area contributed by atoms with Crippen LogP contribution < -0.4 is 10.6 Å². The average molecular weight is 417 g/mol. The van der Waals surface area contributed by atoms with Gasteiger partial charge in [-0.3, -0.25) is 9.59 Å². The van der Waals surface area contributed by atoms with E-state index in [-0.39, 0.29) is 18.2 Å². The van der Waals surface area contributed by atoms with Gasteiger partial charge in [-0.1, -0.05) is 61.8 Å². The fourth-order valence-electron chi connectivity index (χ4n) is 2.61. The lowest BCUT2D eigenvalue weighted by Gasteiger charge is -2.23. The van der Waals surface area contributed by atoms with Gasteiger partial charge in [-0.25, -0.2) is 4.79 Å². The van der Waals surface area contributed by atoms with Crippen LogP contribution in [0.3, 0.4) is 0 Å². The van der Waals surface area contributed by atoms with Crippen LogP contribution in [0, 0.1) is 5.92 Å². The molecule has 2 rings (SSSR count). The molecule has 7 heteroatoms. The number of carbonyl (C=O) groups excluding carboxylic acids is 3. The smallest absolute Gasteiger partial charge is 0.329 e. The minimum Gasteiger partial charge on any atom is -0.451 e. The van der Waals surface area contributed by atoms with Gasteiger partial charge in [-0.15, -0.1) is 0 Å². The Hall–Kier alpha value is -2.86. The van der Waals surface area contributed by atoms with E-state index >= 15 is 0 Å². The van der Waals surface area contributed by atoms with Gasteiger partial charge in [-0.05, 0) is 36.6 Å². The van der Waals surface area contributed by atoms with Crippen molar-refractivity contribution in [3.8, 4) is 0 Å². The molecule has 0 aliphatic rings. The normalized spacial score (nSPS) is 12.7. The fourth-order valence-corrected chi connectivity index (χ4v) is 2.80. The molecule has 2 aromatic carbocycles. The zero-order chi connectivity index (χ0) is 21.4. The van der Waals surface area contributed by atoms with E-state index < -0.39 is 24.0 Å². The first-order chi connectivity index (χ1) is 13.8. The zero-order valence-electron chi connectivity index (χ0n) is 16.6. The van der Waals surface area contributed by atoms with Crippen molar-refractivity contribution in [2.45, 2.75) is 39.3 Å². The largest absolute Gasteiger partial charge is 0.451 e. The molecular weight excluding hydrogens is 392 g/mol. The Kier molecular flexibility index (Phi) is 8.21. The molecule has 0 aromatic heterocycles. The van der Waals surface area contributed by atoms with E-state index in [0.717, 1.165) is 5.56 Å². The third kappa shape index (κ3) is 7.23. The van der Waals surface area contributed by atoms with Crippen molar-refractivity contribution in [1.29, 1.82) is 0 Å². The monoisotopic (exact) mass is 416 g/mol. The molecule has 154 valence electrons. The first-order valence-corrected chi connectivity index (χ1v) is 9.74. The van der Waals surface area contributed by atoms with Gasteiger partial charge in [0.15, 0.2) is 6.10 Å². The van der Waals surface area contributed by atoms with Crippen LogP contribution in [0.25, 0.3) is 0 Å². The Morgan fingerprint density at radius 2 is 1.69 bits per heavy atom. The Morgan fingerprint density at radius 1 is 1.00 bits per heavy atom. The number of esters is 1. The lowest BCUT2D eigenvalue weighted by Crippen LogP contribution is -2.47. The number of hydrogen-bond donors (Lipinski definition) is 2. The quantitative estimate of drug-likeness (QED) is 0.644. The van der Waals surface area contributed by atoms with E-state index in [9.17, 15) is 14.4 Å². The summed E-state index contributed by atoms with van der Waals surface area (Å²) in [6.07, 6.45) is -0.879. The van der Waals surface area contributed by atoms with Crippen LogP contribution in [0.4, 0.5) is 5.69 Å². The molecule has 0 saturated carbocycles. The maximum atomic E-state index is 12.6. The zero-order valence-corrected chi connectivity index (χ0v) is 17.4. The number of carbonyl (C=O) groups is 3. The third-order valence-corrected chi connectivity index (χ3v) is 4.43. The molecule has 0 spiro atoms. The lowest BCUT2D eigenvalue weighted by molar-refractivity contribution is -0.157. The molecule has 6 nitrogen and oxygen atoms in total.